The molecule has 1 rings (SSSR count). The highest BCUT2D eigenvalue weighted by atomic mass is 35.5. The second kappa shape index (κ2) is 33.6. The minimum absolute atomic E-state index is 0. The SMILES string of the molecule is CCCCN(CCCC)CCCNC(=O)OCc1ccccc1CCCCCCCCCCCCCCCCCCNC=O.Cl. The number of alkyl carbamates (subject to hydrolysis) is 1. The van der Waals surface area contributed by atoms with Gasteiger partial charge in [-0.05, 0) is 69.3 Å². The third-order valence-corrected chi connectivity index (χ3v) is 8.65. The quantitative estimate of drug-likeness (QED) is 0.0601. The fraction of sp³-hybridized carbons (Fsp3) is 0.789. The van der Waals surface area contributed by atoms with Gasteiger partial charge in [0.2, 0.25) is 6.41 Å². The first-order valence-electron chi connectivity index (χ1n) is 18.6. The predicted molar refractivity (Wildman–Crippen MR) is 194 cm³/mol. The molecule has 45 heavy (non-hydrogen) atoms. The number of benzene rings is 1. The van der Waals surface area contributed by atoms with Crippen molar-refractivity contribution in [1.82, 2.24) is 15.5 Å². The Bertz CT molecular complexity index is 787. The van der Waals surface area contributed by atoms with E-state index in [1.807, 2.05) is 6.07 Å². The largest absolute Gasteiger partial charge is 0.445 e. The molecule has 0 bridgehead atoms. The van der Waals surface area contributed by atoms with E-state index in [0.717, 1.165) is 57.4 Å². The summed E-state index contributed by atoms with van der Waals surface area (Å²) in [5.41, 5.74) is 2.45. The summed E-state index contributed by atoms with van der Waals surface area (Å²) < 4.78 is 5.57. The van der Waals surface area contributed by atoms with E-state index in [4.69, 9.17) is 4.74 Å². The molecule has 0 saturated heterocycles. The number of halogens is 1. The molecule has 0 atom stereocenters. The molecule has 0 spiro atoms. The molecule has 1 aromatic rings. The van der Waals surface area contributed by atoms with Crippen molar-refractivity contribution in [2.24, 2.45) is 0 Å². The Morgan fingerprint density at radius 3 is 1.62 bits per heavy atom. The number of hydrogen-bond donors (Lipinski definition) is 2. The Balaban J connectivity index is 0.0000194. The van der Waals surface area contributed by atoms with Crippen LogP contribution in [0.4, 0.5) is 4.79 Å². The highest BCUT2D eigenvalue weighted by Gasteiger charge is 2.08. The zero-order valence-electron chi connectivity index (χ0n) is 29.3. The van der Waals surface area contributed by atoms with Crippen molar-refractivity contribution in [3.63, 3.8) is 0 Å². The lowest BCUT2D eigenvalue weighted by Gasteiger charge is -2.21. The van der Waals surface area contributed by atoms with Gasteiger partial charge in [0.15, 0.2) is 0 Å². The predicted octanol–water partition coefficient (Wildman–Crippen LogP) is 10.2. The standard InChI is InChI=1S/C38H69N3O3.ClH/c1-3-5-31-41(32-6-4-2)33-25-30-40-38(43)44-34-37-28-23-22-27-36(37)26-21-19-17-15-13-11-9-7-8-10-12-14-16-18-20-24-29-39-35-42;/h22-23,27-28,35H,3-21,24-26,29-34H2,1-2H3,(H,39,42)(H,40,43);1H. The highest BCUT2D eigenvalue weighted by molar-refractivity contribution is 5.85. The molecule has 0 aliphatic rings. The Kier molecular flexibility index (Phi) is 32.2. The fourth-order valence-electron chi connectivity index (χ4n) is 5.80. The number of carbonyl (C=O) groups excluding carboxylic acids is 2. The lowest BCUT2D eigenvalue weighted by molar-refractivity contribution is -0.109. The second-order valence-corrected chi connectivity index (χ2v) is 12.7. The van der Waals surface area contributed by atoms with Crippen LogP contribution in [0.5, 0.6) is 0 Å². The van der Waals surface area contributed by atoms with Crippen LogP contribution in [0, 0.1) is 0 Å². The Morgan fingerprint density at radius 1 is 0.644 bits per heavy atom. The third kappa shape index (κ3) is 27.1. The van der Waals surface area contributed by atoms with E-state index in [1.54, 1.807) is 0 Å². The van der Waals surface area contributed by atoms with Crippen molar-refractivity contribution in [3.05, 3.63) is 35.4 Å². The van der Waals surface area contributed by atoms with Crippen LogP contribution in [-0.2, 0) is 22.6 Å². The maximum atomic E-state index is 12.3. The lowest BCUT2D eigenvalue weighted by atomic mass is 10.0. The summed E-state index contributed by atoms with van der Waals surface area (Å²) in [6.07, 6.45) is 28.7. The molecule has 6 nitrogen and oxygen atoms in total. The van der Waals surface area contributed by atoms with Crippen LogP contribution in [0.25, 0.3) is 0 Å². The first kappa shape index (κ1) is 43.2. The van der Waals surface area contributed by atoms with Gasteiger partial charge in [-0.25, -0.2) is 4.79 Å². The minimum atomic E-state index is -0.304. The number of carbonyl (C=O) groups is 2. The van der Waals surface area contributed by atoms with Gasteiger partial charge in [0.1, 0.15) is 6.61 Å². The highest BCUT2D eigenvalue weighted by Crippen LogP contribution is 2.17. The fourth-order valence-corrected chi connectivity index (χ4v) is 5.80. The molecular weight excluding hydrogens is 582 g/mol. The zero-order chi connectivity index (χ0) is 31.8. The molecule has 0 aliphatic heterocycles. The molecule has 0 fully saturated rings. The topological polar surface area (TPSA) is 70.7 Å². The van der Waals surface area contributed by atoms with Crippen LogP contribution in [0.2, 0.25) is 0 Å². The first-order chi connectivity index (χ1) is 21.7. The molecule has 0 unspecified atom stereocenters. The molecule has 7 heteroatoms. The van der Waals surface area contributed by atoms with E-state index < -0.39 is 0 Å². The molecule has 2 amide bonds. The molecule has 1 aromatic carbocycles. The van der Waals surface area contributed by atoms with Crippen molar-refractivity contribution in [2.45, 2.75) is 162 Å². The molecule has 0 aromatic heterocycles. The van der Waals surface area contributed by atoms with Crippen LogP contribution >= 0.6 is 12.4 Å². The van der Waals surface area contributed by atoms with Crippen LogP contribution in [0.3, 0.4) is 0 Å². The van der Waals surface area contributed by atoms with Gasteiger partial charge in [0.25, 0.3) is 0 Å². The number of nitrogens with zero attached hydrogens (tertiary/aromatic N) is 1. The van der Waals surface area contributed by atoms with Gasteiger partial charge in [-0.15, -0.1) is 12.4 Å². The Labute approximate surface area is 284 Å². The van der Waals surface area contributed by atoms with Gasteiger partial charge in [-0.3, -0.25) is 4.79 Å². The first-order valence-corrected chi connectivity index (χ1v) is 18.6. The third-order valence-electron chi connectivity index (χ3n) is 8.65. The monoisotopic (exact) mass is 652 g/mol. The van der Waals surface area contributed by atoms with Crippen LogP contribution < -0.4 is 10.6 Å². The number of nitrogens with one attached hydrogen (secondary N) is 2. The van der Waals surface area contributed by atoms with E-state index >= 15 is 0 Å². The van der Waals surface area contributed by atoms with Gasteiger partial charge >= 0.3 is 6.09 Å². The summed E-state index contributed by atoms with van der Waals surface area (Å²) in [5.74, 6) is 0. The van der Waals surface area contributed by atoms with E-state index in [0.29, 0.717) is 13.2 Å². The van der Waals surface area contributed by atoms with E-state index in [9.17, 15) is 9.59 Å². The number of amides is 2. The normalized spacial score (nSPS) is 10.9. The van der Waals surface area contributed by atoms with Gasteiger partial charge in [0, 0.05) is 13.1 Å². The van der Waals surface area contributed by atoms with E-state index in [2.05, 4.69) is 47.6 Å². The summed E-state index contributed by atoms with van der Waals surface area (Å²) in [6.45, 7) is 9.68. The van der Waals surface area contributed by atoms with Crippen molar-refractivity contribution in [3.8, 4) is 0 Å². The summed E-state index contributed by atoms with van der Waals surface area (Å²) >= 11 is 0. The van der Waals surface area contributed by atoms with E-state index in [-0.39, 0.29) is 18.5 Å². The van der Waals surface area contributed by atoms with Gasteiger partial charge < -0.3 is 20.3 Å². The van der Waals surface area contributed by atoms with Gasteiger partial charge in [-0.1, -0.05) is 141 Å². The summed E-state index contributed by atoms with van der Waals surface area (Å²) in [6, 6.07) is 8.42. The van der Waals surface area contributed by atoms with E-state index in [1.165, 1.54) is 128 Å². The number of aryl methyl sites for hydroxylation is 1. The molecule has 262 valence electrons. The summed E-state index contributed by atoms with van der Waals surface area (Å²) in [7, 11) is 0. The summed E-state index contributed by atoms with van der Waals surface area (Å²) in [5, 5.41) is 5.68. The smallest absolute Gasteiger partial charge is 0.407 e. The van der Waals surface area contributed by atoms with Crippen LogP contribution in [0.1, 0.15) is 160 Å². The van der Waals surface area contributed by atoms with Crippen molar-refractivity contribution < 1.29 is 14.3 Å². The van der Waals surface area contributed by atoms with Gasteiger partial charge in [0.05, 0.1) is 0 Å². The average Bonchev–Trinajstić information content (AvgIpc) is 3.04. The maximum Gasteiger partial charge on any atom is 0.407 e. The molecule has 0 heterocycles. The molecule has 0 saturated carbocycles. The number of ether oxygens (including phenoxy) is 1. The van der Waals surface area contributed by atoms with Crippen molar-refractivity contribution in [2.75, 3.05) is 32.7 Å². The van der Waals surface area contributed by atoms with Gasteiger partial charge in [-0.2, -0.15) is 0 Å². The molecule has 0 aliphatic carbocycles. The zero-order valence-corrected chi connectivity index (χ0v) is 30.1. The van der Waals surface area contributed by atoms with Crippen molar-refractivity contribution in [1.29, 1.82) is 0 Å². The Hall–Kier alpha value is -1.79. The van der Waals surface area contributed by atoms with Crippen LogP contribution in [0.15, 0.2) is 24.3 Å². The number of rotatable bonds is 32. The Morgan fingerprint density at radius 2 is 1.11 bits per heavy atom. The average molecular weight is 652 g/mol. The molecule has 2 N–H and O–H groups in total. The van der Waals surface area contributed by atoms with Crippen LogP contribution in [-0.4, -0.2) is 50.1 Å². The summed E-state index contributed by atoms with van der Waals surface area (Å²) in [4.78, 5) is 25.0. The molecular formula is C38H70ClN3O3. The lowest BCUT2D eigenvalue weighted by Crippen LogP contribution is -2.31. The molecule has 0 radical (unpaired) electrons. The minimum Gasteiger partial charge on any atom is -0.445 e. The number of unbranched alkanes of at least 4 members (excludes halogenated alkanes) is 17. The second-order valence-electron chi connectivity index (χ2n) is 12.7. The maximum absolute atomic E-state index is 12.3. The number of hydrogen-bond acceptors (Lipinski definition) is 4. The van der Waals surface area contributed by atoms with Crippen molar-refractivity contribution >= 4 is 24.9 Å².